The van der Waals surface area contributed by atoms with E-state index in [0.717, 1.165) is 30.1 Å². The second-order valence-electron chi connectivity index (χ2n) is 7.84. The molecular formula is C23H28Cl2N2O2. The van der Waals surface area contributed by atoms with Crippen molar-refractivity contribution in [3.05, 3.63) is 57.6 Å². The fourth-order valence-electron chi connectivity index (χ4n) is 4.34. The molecule has 2 aromatic rings. The van der Waals surface area contributed by atoms with Crippen molar-refractivity contribution in [2.45, 2.75) is 39.0 Å². The Bertz CT molecular complexity index is 838. The first-order chi connectivity index (χ1) is 14.1. The Kier molecular flexibility index (Phi) is 6.86. The molecular weight excluding hydrogens is 407 g/mol. The second-order valence-corrected chi connectivity index (χ2v) is 8.66. The van der Waals surface area contributed by atoms with Crippen molar-refractivity contribution >= 4 is 23.2 Å². The first kappa shape index (κ1) is 20.8. The molecule has 3 heterocycles. The lowest BCUT2D eigenvalue weighted by atomic mass is 9.84. The van der Waals surface area contributed by atoms with Gasteiger partial charge in [-0.25, -0.2) is 0 Å². The number of rotatable bonds is 8. The Morgan fingerprint density at radius 1 is 1.07 bits per heavy atom. The van der Waals surface area contributed by atoms with Crippen molar-refractivity contribution in [3.63, 3.8) is 0 Å². The summed E-state index contributed by atoms with van der Waals surface area (Å²) in [6, 6.07) is 12.2. The molecule has 2 bridgehead atoms. The Morgan fingerprint density at radius 2 is 1.86 bits per heavy atom. The first-order valence-electron chi connectivity index (χ1n) is 10.4. The summed E-state index contributed by atoms with van der Waals surface area (Å²) in [7, 11) is 0. The van der Waals surface area contributed by atoms with Gasteiger partial charge in [0.25, 0.3) is 0 Å². The number of benzene rings is 2. The van der Waals surface area contributed by atoms with E-state index < -0.39 is 0 Å². The van der Waals surface area contributed by atoms with E-state index in [1.54, 1.807) is 0 Å². The summed E-state index contributed by atoms with van der Waals surface area (Å²) in [4.78, 5) is 2.56. The molecule has 1 atom stereocenters. The van der Waals surface area contributed by atoms with Crippen LogP contribution in [-0.4, -0.2) is 37.2 Å². The summed E-state index contributed by atoms with van der Waals surface area (Å²) < 4.78 is 11.8. The number of hydrogen-bond donors (Lipinski definition) is 1. The summed E-state index contributed by atoms with van der Waals surface area (Å²) in [6.07, 6.45) is 2.61. The second kappa shape index (κ2) is 9.57. The topological polar surface area (TPSA) is 33.7 Å². The van der Waals surface area contributed by atoms with Gasteiger partial charge in [-0.2, -0.15) is 0 Å². The standard InChI is InChI=1S/C23H28Cl2N2O2/c1-2-28-22-12-16(13-26-21-14-27-9-7-17(21)8-10-27)11-20(25)23(22)29-15-18-5-3-4-6-19(18)24/h3-6,11-12,17,21,26H,2,7-10,13-15H2,1H3. The molecule has 0 amide bonds. The third-order valence-electron chi connectivity index (χ3n) is 5.92. The number of hydrogen-bond acceptors (Lipinski definition) is 4. The van der Waals surface area contributed by atoms with Gasteiger partial charge in [0.15, 0.2) is 11.5 Å². The fourth-order valence-corrected chi connectivity index (χ4v) is 4.82. The first-order valence-corrected chi connectivity index (χ1v) is 11.2. The third kappa shape index (κ3) is 5.00. The summed E-state index contributed by atoms with van der Waals surface area (Å²) in [6.45, 7) is 7.28. The summed E-state index contributed by atoms with van der Waals surface area (Å²) >= 11 is 12.8. The molecule has 156 valence electrons. The van der Waals surface area contributed by atoms with Crippen molar-refractivity contribution in [1.82, 2.24) is 10.2 Å². The molecule has 3 saturated heterocycles. The molecule has 1 unspecified atom stereocenters. The SMILES string of the molecule is CCOc1cc(CNC2CN3CCC2CC3)cc(Cl)c1OCc1ccccc1Cl. The van der Waals surface area contributed by atoms with Gasteiger partial charge < -0.3 is 19.7 Å². The quantitative estimate of drug-likeness (QED) is 0.622. The zero-order chi connectivity index (χ0) is 20.2. The molecule has 0 aliphatic carbocycles. The number of nitrogens with zero attached hydrogens (tertiary/aromatic N) is 1. The van der Waals surface area contributed by atoms with Crippen LogP contribution in [0.4, 0.5) is 0 Å². The van der Waals surface area contributed by atoms with E-state index in [2.05, 4.69) is 10.2 Å². The lowest BCUT2D eigenvalue weighted by Gasteiger charge is -2.45. The maximum atomic E-state index is 6.59. The van der Waals surface area contributed by atoms with Crippen LogP contribution >= 0.6 is 23.2 Å². The smallest absolute Gasteiger partial charge is 0.180 e. The van der Waals surface area contributed by atoms with Crippen LogP contribution in [0.3, 0.4) is 0 Å². The van der Waals surface area contributed by atoms with E-state index in [4.69, 9.17) is 32.7 Å². The highest BCUT2D eigenvalue weighted by Crippen LogP contribution is 2.38. The highest BCUT2D eigenvalue weighted by Gasteiger charge is 2.33. The molecule has 1 N–H and O–H groups in total. The monoisotopic (exact) mass is 434 g/mol. The number of nitrogens with one attached hydrogen (secondary N) is 1. The van der Waals surface area contributed by atoms with E-state index in [-0.39, 0.29) is 0 Å². The molecule has 5 rings (SSSR count). The van der Waals surface area contributed by atoms with Gasteiger partial charge in [-0.05, 0) is 62.5 Å². The van der Waals surface area contributed by atoms with Crippen LogP contribution in [0.5, 0.6) is 11.5 Å². The summed E-state index contributed by atoms with van der Waals surface area (Å²) in [5.41, 5.74) is 2.03. The van der Waals surface area contributed by atoms with Crippen LogP contribution in [0.15, 0.2) is 36.4 Å². The molecule has 4 nitrogen and oxygen atoms in total. The Balaban J connectivity index is 1.45. The van der Waals surface area contributed by atoms with E-state index in [9.17, 15) is 0 Å². The van der Waals surface area contributed by atoms with Crippen LogP contribution in [-0.2, 0) is 13.2 Å². The minimum atomic E-state index is 0.344. The molecule has 29 heavy (non-hydrogen) atoms. The van der Waals surface area contributed by atoms with Crippen LogP contribution < -0.4 is 14.8 Å². The van der Waals surface area contributed by atoms with Gasteiger partial charge in [0, 0.05) is 29.7 Å². The van der Waals surface area contributed by atoms with Crippen molar-refractivity contribution in [2.24, 2.45) is 5.92 Å². The van der Waals surface area contributed by atoms with Crippen LogP contribution in [0.25, 0.3) is 0 Å². The zero-order valence-electron chi connectivity index (χ0n) is 16.8. The lowest BCUT2D eigenvalue weighted by molar-refractivity contribution is 0.0720. The van der Waals surface area contributed by atoms with Gasteiger partial charge in [-0.15, -0.1) is 0 Å². The van der Waals surface area contributed by atoms with Gasteiger partial charge in [-0.1, -0.05) is 41.4 Å². The van der Waals surface area contributed by atoms with Gasteiger partial charge in [0.2, 0.25) is 0 Å². The zero-order valence-corrected chi connectivity index (χ0v) is 18.3. The van der Waals surface area contributed by atoms with Crippen molar-refractivity contribution in [1.29, 1.82) is 0 Å². The van der Waals surface area contributed by atoms with E-state index >= 15 is 0 Å². The van der Waals surface area contributed by atoms with E-state index in [1.807, 2.05) is 43.3 Å². The Morgan fingerprint density at radius 3 is 2.55 bits per heavy atom. The molecule has 3 fully saturated rings. The molecule has 3 aliphatic rings. The average molecular weight is 435 g/mol. The Hall–Kier alpha value is -1.46. The van der Waals surface area contributed by atoms with Crippen molar-refractivity contribution in [3.8, 4) is 11.5 Å². The van der Waals surface area contributed by atoms with Crippen LogP contribution in [0.2, 0.25) is 10.0 Å². The fraction of sp³-hybridized carbons (Fsp3) is 0.478. The summed E-state index contributed by atoms with van der Waals surface area (Å²) in [5, 5.41) is 4.98. The van der Waals surface area contributed by atoms with Crippen LogP contribution in [0.1, 0.15) is 30.9 Å². The van der Waals surface area contributed by atoms with Gasteiger partial charge in [0.05, 0.1) is 11.6 Å². The average Bonchev–Trinajstić information content (AvgIpc) is 2.74. The van der Waals surface area contributed by atoms with Gasteiger partial charge in [0.1, 0.15) is 6.61 Å². The predicted molar refractivity (Wildman–Crippen MR) is 118 cm³/mol. The molecule has 0 radical (unpaired) electrons. The molecule has 0 saturated carbocycles. The van der Waals surface area contributed by atoms with Crippen molar-refractivity contribution in [2.75, 3.05) is 26.2 Å². The Labute approximate surface area is 183 Å². The molecule has 2 aromatic carbocycles. The predicted octanol–water partition coefficient (Wildman–Crippen LogP) is 5.15. The number of ether oxygens (including phenoxy) is 2. The largest absolute Gasteiger partial charge is 0.490 e. The van der Waals surface area contributed by atoms with Crippen molar-refractivity contribution < 1.29 is 9.47 Å². The minimum Gasteiger partial charge on any atom is -0.490 e. The van der Waals surface area contributed by atoms with Crippen LogP contribution in [0, 0.1) is 5.92 Å². The number of fused-ring (bicyclic) bond motifs is 3. The van der Waals surface area contributed by atoms with Gasteiger partial charge >= 0.3 is 0 Å². The minimum absolute atomic E-state index is 0.344. The molecule has 6 heteroatoms. The normalized spacial score (nSPS) is 23.2. The molecule has 0 aromatic heterocycles. The third-order valence-corrected chi connectivity index (χ3v) is 6.57. The molecule has 3 aliphatic heterocycles. The van der Waals surface area contributed by atoms with E-state index in [0.29, 0.717) is 40.8 Å². The van der Waals surface area contributed by atoms with Gasteiger partial charge in [-0.3, -0.25) is 0 Å². The van der Waals surface area contributed by atoms with E-state index in [1.165, 1.54) is 25.9 Å². The maximum absolute atomic E-state index is 6.59. The number of halogens is 2. The summed E-state index contributed by atoms with van der Waals surface area (Å²) in [5.74, 6) is 2.04. The molecule has 0 spiro atoms. The lowest BCUT2D eigenvalue weighted by Crippen LogP contribution is -2.55. The highest BCUT2D eigenvalue weighted by molar-refractivity contribution is 6.32. The highest BCUT2D eigenvalue weighted by atomic mass is 35.5. The number of piperidine rings is 3. The maximum Gasteiger partial charge on any atom is 0.180 e.